The fraction of sp³-hybridized carbons (Fsp3) is 0.208. The quantitative estimate of drug-likeness (QED) is 0.586. The Balaban J connectivity index is 1.61. The number of Topliss-reactive ketones (excluding diaryl/α,β-unsaturated/α-hetero) is 1. The van der Waals surface area contributed by atoms with E-state index in [0.29, 0.717) is 6.42 Å². The molecule has 1 N–H and O–H groups in total. The predicted molar refractivity (Wildman–Crippen MR) is 114 cm³/mol. The van der Waals surface area contributed by atoms with Crippen LogP contribution in [0.4, 0.5) is 5.69 Å². The van der Waals surface area contributed by atoms with Crippen LogP contribution in [0.15, 0.2) is 87.5 Å². The van der Waals surface area contributed by atoms with Crippen LogP contribution in [0.5, 0.6) is 5.75 Å². The van der Waals surface area contributed by atoms with Gasteiger partial charge in [-0.05, 0) is 42.3 Å². The first-order valence-corrected chi connectivity index (χ1v) is 10.6. The number of ether oxygens (including phenoxy) is 1. The summed E-state index contributed by atoms with van der Waals surface area (Å²) in [6, 6.07) is 20.0. The van der Waals surface area contributed by atoms with Crippen LogP contribution >= 0.6 is 11.8 Å². The molecule has 3 aromatic rings. The highest BCUT2D eigenvalue weighted by Gasteiger charge is 2.38. The van der Waals surface area contributed by atoms with Crippen LogP contribution in [-0.4, -0.2) is 12.9 Å². The second-order valence-electron chi connectivity index (χ2n) is 7.30. The molecule has 0 fully saturated rings. The minimum Gasteiger partial charge on any atom is -0.496 e. The van der Waals surface area contributed by atoms with E-state index in [9.17, 15) is 4.79 Å². The SMILES string of the molecule is COc1ccccc1C1CC(=O)C2=C(C1)Nc1ccccc1SC2c1ccco1. The summed E-state index contributed by atoms with van der Waals surface area (Å²) < 4.78 is 11.3. The van der Waals surface area contributed by atoms with Gasteiger partial charge in [-0.25, -0.2) is 0 Å². The molecule has 0 saturated heterocycles. The second-order valence-corrected chi connectivity index (χ2v) is 8.44. The molecule has 0 saturated carbocycles. The molecule has 0 radical (unpaired) electrons. The van der Waals surface area contributed by atoms with Crippen molar-refractivity contribution in [3.63, 3.8) is 0 Å². The highest BCUT2D eigenvalue weighted by atomic mass is 32.2. The second kappa shape index (κ2) is 7.48. The van der Waals surface area contributed by atoms with E-state index < -0.39 is 0 Å². The average molecular weight is 404 g/mol. The van der Waals surface area contributed by atoms with Crippen LogP contribution in [-0.2, 0) is 4.79 Å². The van der Waals surface area contributed by atoms with Gasteiger partial charge in [0.05, 0.1) is 24.3 Å². The third kappa shape index (κ3) is 3.25. The van der Waals surface area contributed by atoms with E-state index >= 15 is 0 Å². The van der Waals surface area contributed by atoms with Crippen LogP contribution in [0.3, 0.4) is 0 Å². The maximum Gasteiger partial charge on any atom is 0.162 e. The van der Waals surface area contributed by atoms with E-state index in [2.05, 4.69) is 23.5 Å². The van der Waals surface area contributed by atoms with Crippen LogP contribution in [0.25, 0.3) is 0 Å². The van der Waals surface area contributed by atoms with Crippen molar-refractivity contribution in [2.24, 2.45) is 0 Å². The number of nitrogens with one attached hydrogen (secondary N) is 1. The molecule has 4 nitrogen and oxygen atoms in total. The number of para-hydroxylation sites is 2. The van der Waals surface area contributed by atoms with Crippen molar-refractivity contribution in [1.82, 2.24) is 0 Å². The maximum absolute atomic E-state index is 13.4. The molecular weight excluding hydrogens is 382 g/mol. The smallest absolute Gasteiger partial charge is 0.162 e. The van der Waals surface area contributed by atoms with Gasteiger partial charge < -0.3 is 14.5 Å². The minimum atomic E-state index is -0.151. The largest absolute Gasteiger partial charge is 0.496 e. The molecule has 29 heavy (non-hydrogen) atoms. The zero-order valence-corrected chi connectivity index (χ0v) is 16.9. The molecule has 2 aromatic carbocycles. The van der Waals surface area contributed by atoms with Gasteiger partial charge in [0, 0.05) is 28.5 Å². The fourth-order valence-corrected chi connectivity index (χ4v) is 5.54. The molecule has 2 aliphatic rings. The third-order valence-electron chi connectivity index (χ3n) is 5.57. The van der Waals surface area contributed by atoms with Gasteiger partial charge in [0.2, 0.25) is 0 Å². The first-order valence-electron chi connectivity index (χ1n) is 9.70. The molecule has 0 spiro atoms. The third-order valence-corrected chi connectivity index (χ3v) is 6.88. The van der Waals surface area contributed by atoms with E-state index in [0.717, 1.165) is 45.3 Å². The molecule has 1 aliphatic carbocycles. The molecule has 5 rings (SSSR count). The van der Waals surface area contributed by atoms with E-state index in [-0.39, 0.29) is 17.0 Å². The number of carbonyl (C=O) groups excluding carboxylic acids is 1. The Morgan fingerprint density at radius 3 is 2.69 bits per heavy atom. The molecule has 5 heteroatoms. The van der Waals surface area contributed by atoms with Gasteiger partial charge >= 0.3 is 0 Å². The zero-order valence-electron chi connectivity index (χ0n) is 16.1. The molecule has 0 bridgehead atoms. The number of hydrogen-bond donors (Lipinski definition) is 1. The number of rotatable bonds is 3. The van der Waals surface area contributed by atoms with Gasteiger partial charge in [-0.2, -0.15) is 0 Å². The number of ketones is 1. The van der Waals surface area contributed by atoms with Crippen molar-refractivity contribution in [3.8, 4) is 5.75 Å². The van der Waals surface area contributed by atoms with Crippen LogP contribution < -0.4 is 10.1 Å². The molecule has 2 heterocycles. The minimum absolute atomic E-state index is 0.0809. The number of methoxy groups -OCH3 is 1. The first kappa shape index (κ1) is 18.1. The Kier molecular flexibility index (Phi) is 4.68. The zero-order chi connectivity index (χ0) is 19.8. The number of allylic oxidation sites excluding steroid dienone is 1. The van der Waals surface area contributed by atoms with Crippen LogP contribution in [0.1, 0.15) is 35.3 Å². The Bertz CT molecular complexity index is 1090. The molecule has 1 aliphatic heterocycles. The lowest BCUT2D eigenvalue weighted by molar-refractivity contribution is -0.116. The van der Waals surface area contributed by atoms with Crippen LogP contribution in [0.2, 0.25) is 0 Å². The van der Waals surface area contributed by atoms with Crippen molar-refractivity contribution in [2.45, 2.75) is 28.9 Å². The summed E-state index contributed by atoms with van der Waals surface area (Å²) in [4.78, 5) is 14.5. The van der Waals surface area contributed by atoms with E-state index in [1.54, 1.807) is 25.1 Å². The Labute approximate surface area is 174 Å². The van der Waals surface area contributed by atoms with Crippen molar-refractivity contribution in [1.29, 1.82) is 0 Å². The lowest BCUT2D eigenvalue weighted by Gasteiger charge is -2.29. The summed E-state index contributed by atoms with van der Waals surface area (Å²) in [7, 11) is 1.68. The van der Waals surface area contributed by atoms with Gasteiger partial charge in [-0.1, -0.05) is 30.3 Å². The van der Waals surface area contributed by atoms with Crippen molar-refractivity contribution in [3.05, 3.63) is 89.5 Å². The number of furan rings is 1. The molecule has 2 unspecified atom stereocenters. The summed E-state index contributed by atoms with van der Waals surface area (Å²) >= 11 is 1.67. The Morgan fingerprint density at radius 1 is 1.03 bits per heavy atom. The molecule has 0 amide bonds. The maximum atomic E-state index is 13.4. The van der Waals surface area contributed by atoms with Crippen molar-refractivity contribution >= 4 is 23.2 Å². The molecule has 146 valence electrons. The number of fused-ring (bicyclic) bond motifs is 1. The van der Waals surface area contributed by atoms with Crippen molar-refractivity contribution in [2.75, 3.05) is 12.4 Å². The number of benzene rings is 2. The van der Waals surface area contributed by atoms with Gasteiger partial charge in [-0.15, -0.1) is 11.8 Å². The topological polar surface area (TPSA) is 51.5 Å². The lowest BCUT2D eigenvalue weighted by Crippen LogP contribution is -2.24. The number of thioether (sulfide) groups is 1. The van der Waals surface area contributed by atoms with Gasteiger partial charge in [-0.3, -0.25) is 4.79 Å². The summed E-state index contributed by atoms with van der Waals surface area (Å²) in [6.45, 7) is 0. The first-order chi connectivity index (χ1) is 14.2. The monoisotopic (exact) mass is 403 g/mol. The fourth-order valence-electron chi connectivity index (χ4n) is 4.24. The normalized spacial score (nSPS) is 21.1. The summed E-state index contributed by atoms with van der Waals surface area (Å²) in [5.41, 5.74) is 3.92. The molecular formula is C24H21NO3S. The van der Waals surface area contributed by atoms with Gasteiger partial charge in [0.15, 0.2) is 5.78 Å². The number of carbonyl (C=O) groups is 1. The molecule has 2 atom stereocenters. The highest BCUT2D eigenvalue weighted by molar-refractivity contribution is 8.00. The summed E-state index contributed by atoms with van der Waals surface area (Å²) in [5, 5.41) is 3.43. The van der Waals surface area contributed by atoms with Crippen molar-refractivity contribution < 1.29 is 13.9 Å². The van der Waals surface area contributed by atoms with Gasteiger partial charge in [0.1, 0.15) is 11.5 Å². The summed E-state index contributed by atoms with van der Waals surface area (Å²) in [6.07, 6.45) is 2.90. The van der Waals surface area contributed by atoms with E-state index in [4.69, 9.17) is 9.15 Å². The highest BCUT2D eigenvalue weighted by Crippen LogP contribution is 2.51. The standard InChI is InChI=1S/C24H21NO3S/c1-27-20-9-4-2-7-16(20)15-13-18-23(19(26)14-15)24(21-10-6-12-28-21)29-22-11-5-3-8-17(22)25-18/h2-12,15,24-25H,13-14H2,1H3. The Morgan fingerprint density at radius 2 is 1.86 bits per heavy atom. The molecule has 1 aromatic heterocycles. The predicted octanol–water partition coefficient (Wildman–Crippen LogP) is 5.95. The van der Waals surface area contributed by atoms with E-state index in [1.807, 2.05) is 42.5 Å². The average Bonchev–Trinajstić information content (AvgIpc) is 3.22. The Hall–Kier alpha value is -2.92. The number of anilines is 1. The van der Waals surface area contributed by atoms with Gasteiger partial charge in [0.25, 0.3) is 0 Å². The van der Waals surface area contributed by atoms with Crippen LogP contribution in [0, 0.1) is 0 Å². The van der Waals surface area contributed by atoms with E-state index in [1.165, 1.54) is 0 Å². The lowest BCUT2D eigenvalue weighted by atomic mass is 9.80. The summed E-state index contributed by atoms with van der Waals surface area (Å²) in [5.74, 6) is 1.89. The number of hydrogen-bond acceptors (Lipinski definition) is 5.